The molecular weight excluding hydrogens is 496 g/mol. The lowest BCUT2D eigenvalue weighted by Gasteiger charge is -2.24. The number of hydrogen-bond acceptors (Lipinski definition) is 4. The average molecular weight is 519 g/mol. The summed E-state index contributed by atoms with van der Waals surface area (Å²) in [5.74, 6) is -0.275. The van der Waals surface area contributed by atoms with E-state index >= 15 is 0 Å². The van der Waals surface area contributed by atoms with E-state index in [0.717, 1.165) is 33.7 Å². The summed E-state index contributed by atoms with van der Waals surface area (Å²) in [7, 11) is -3.56. The second-order valence-corrected chi connectivity index (χ2v) is 11.0. The first-order valence-corrected chi connectivity index (χ1v) is 13.5. The van der Waals surface area contributed by atoms with E-state index < -0.39 is 10.0 Å². The zero-order valence-electron chi connectivity index (χ0n) is 19.7. The van der Waals surface area contributed by atoms with Crippen LogP contribution in [0.3, 0.4) is 0 Å². The Morgan fingerprint density at radius 2 is 1.64 bits per heavy atom. The van der Waals surface area contributed by atoms with Crippen molar-refractivity contribution in [1.82, 2.24) is 0 Å². The van der Waals surface area contributed by atoms with Gasteiger partial charge in [0.1, 0.15) is 11.2 Å². The fourth-order valence-corrected chi connectivity index (χ4v) is 5.27. The molecular formula is C28H23ClN2O4S. The third kappa shape index (κ3) is 4.80. The molecule has 36 heavy (non-hydrogen) atoms. The van der Waals surface area contributed by atoms with E-state index in [1.165, 1.54) is 4.31 Å². The van der Waals surface area contributed by atoms with Gasteiger partial charge in [-0.25, -0.2) is 8.42 Å². The van der Waals surface area contributed by atoms with E-state index in [1.807, 2.05) is 43.3 Å². The van der Waals surface area contributed by atoms with Crippen molar-refractivity contribution in [3.8, 4) is 0 Å². The van der Waals surface area contributed by atoms with Gasteiger partial charge in [0.25, 0.3) is 5.91 Å². The molecule has 0 aliphatic heterocycles. The Labute approximate surface area is 214 Å². The van der Waals surface area contributed by atoms with E-state index in [1.54, 1.807) is 48.5 Å². The summed E-state index contributed by atoms with van der Waals surface area (Å²) in [5.41, 5.74) is 4.61. The Kier molecular flexibility index (Phi) is 6.20. The summed E-state index contributed by atoms with van der Waals surface area (Å²) < 4.78 is 32.3. The molecule has 182 valence electrons. The first-order chi connectivity index (χ1) is 17.2. The van der Waals surface area contributed by atoms with Gasteiger partial charge >= 0.3 is 0 Å². The SMILES string of the molecule is Cc1ccc(Cl)cc1N(Cc1ccc(C(=O)Nc2ccc3c(c2)oc2ccccc23)cc1)S(C)(=O)=O. The summed E-state index contributed by atoms with van der Waals surface area (Å²) in [5, 5.41) is 5.36. The number of halogens is 1. The molecule has 0 radical (unpaired) electrons. The predicted octanol–water partition coefficient (Wildman–Crippen LogP) is 6.77. The number of rotatable bonds is 6. The Balaban J connectivity index is 1.34. The van der Waals surface area contributed by atoms with E-state index in [4.69, 9.17) is 16.0 Å². The Bertz CT molecular complexity index is 1710. The van der Waals surface area contributed by atoms with Crippen LogP contribution in [0.1, 0.15) is 21.5 Å². The molecule has 5 rings (SSSR count). The summed E-state index contributed by atoms with van der Waals surface area (Å²) in [6.45, 7) is 1.95. The highest BCUT2D eigenvalue weighted by atomic mass is 35.5. The maximum Gasteiger partial charge on any atom is 0.255 e. The number of nitrogens with zero attached hydrogens (tertiary/aromatic N) is 1. The summed E-state index contributed by atoms with van der Waals surface area (Å²) in [4.78, 5) is 12.9. The fourth-order valence-electron chi connectivity index (χ4n) is 4.17. The number of fused-ring (bicyclic) bond motifs is 3. The normalized spacial score (nSPS) is 11.6. The van der Waals surface area contributed by atoms with Crippen LogP contribution in [0.5, 0.6) is 0 Å². The van der Waals surface area contributed by atoms with Gasteiger partial charge in [-0.1, -0.05) is 48.0 Å². The van der Waals surface area contributed by atoms with Crippen LogP contribution in [0, 0.1) is 6.92 Å². The van der Waals surface area contributed by atoms with Gasteiger partial charge in [0.05, 0.1) is 18.5 Å². The van der Waals surface area contributed by atoms with Crippen molar-refractivity contribution in [2.75, 3.05) is 15.9 Å². The van der Waals surface area contributed by atoms with Gasteiger partial charge in [-0.05, 0) is 60.5 Å². The minimum atomic E-state index is -3.56. The van der Waals surface area contributed by atoms with Crippen molar-refractivity contribution in [2.45, 2.75) is 13.5 Å². The van der Waals surface area contributed by atoms with Crippen LogP contribution in [0.4, 0.5) is 11.4 Å². The zero-order chi connectivity index (χ0) is 25.4. The van der Waals surface area contributed by atoms with Gasteiger partial charge in [-0.3, -0.25) is 9.10 Å². The molecule has 5 aromatic rings. The van der Waals surface area contributed by atoms with Crippen molar-refractivity contribution in [2.24, 2.45) is 0 Å². The molecule has 6 nitrogen and oxygen atoms in total. The van der Waals surface area contributed by atoms with E-state index in [0.29, 0.717) is 27.5 Å². The van der Waals surface area contributed by atoms with Crippen LogP contribution in [0.2, 0.25) is 5.02 Å². The van der Waals surface area contributed by atoms with Gasteiger partial charge in [0.15, 0.2) is 0 Å². The van der Waals surface area contributed by atoms with Gasteiger partial charge in [0, 0.05) is 33.1 Å². The van der Waals surface area contributed by atoms with Crippen molar-refractivity contribution in [3.63, 3.8) is 0 Å². The predicted molar refractivity (Wildman–Crippen MR) is 145 cm³/mol. The molecule has 0 aliphatic rings. The molecule has 0 bridgehead atoms. The smallest absolute Gasteiger partial charge is 0.255 e. The summed E-state index contributed by atoms with van der Waals surface area (Å²) in [6, 6.07) is 25.4. The number of sulfonamides is 1. The minimum absolute atomic E-state index is 0.116. The van der Waals surface area contributed by atoms with Crippen molar-refractivity contribution in [1.29, 1.82) is 0 Å². The molecule has 0 saturated carbocycles. The first-order valence-electron chi connectivity index (χ1n) is 11.2. The highest BCUT2D eigenvalue weighted by molar-refractivity contribution is 7.92. The number of hydrogen-bond donors (Lipinski definition) is 1. The standard InChI is InChI=1S/C28H23ClN2O4S/c1-18-7-12-21(29)15-25(18)31(36(2,33)34)17-19-8-10-20(11-9-19)28(32)30-22-13-14-24-23-5-3-4-6-26(23)35-27(24)16-22/h3-16H,17H2,1-2H3,(H,30,32). The zero-order valence-corrected chi connectivity index (χ0v) is 21.2. The summed E-state index contributed by atoms with van der Waals surface area (Å²) in [6.07, 6.45) is 1.16. The second kappa shape index (κ2) is 9.33. The summed E-state index contributed by atoms with van der Waals surface area (Å²) >= 11 is 6.12. The van der Waals surface area contributed by atoms with Crippen LogP contribution in [0.25, 0.3) is 21.9 Å². The maximum atomic E-state index is 12.9. The van der Waals surface area contributed by atoms with Crippen LogP contribution in [-0.2, 0) is 16.6 Å². The lowest BCUT2D eigenvalue weighted by Crippen LogP contribution is -2.30. The number of para-hydroxylation sites is 1. The molecule has 0 unspecified atom stereocenters. The topological polar surface area (TPSA) is 79.6 Å². The molecule has 4 aromatic carbocycles. The number of benzene rings is 4. The highest BCUT2D eigenvalue weighted by Crippen LogP contribution is 2.31. The Hall–Kier alpha value is -3.81. The highest BCUT2D eigenvalue weighted by Gasteiger charge is 2.20. The number of aryl methyl sites for hydroxylation is 1. The fraction of sp³-hybridized carbons (Fsp3) is 0.107. The molecule has 1 heterocycles. The quantitative estimate of drug-likeness (QED) is 0.269. The van der Waals surface area contributed by atoms with Crippen molar-refractivity contribution < 1.29 is 17.6 Å². The second-order valence-electron chi connectivity index (χ2n) is 8.66. The molecule has 8 heteroatoms. The number of carbonyl (C=O) groups excluding carboxylic acids is 1. The van der Waals surface area contributed by atoms with E-state index in [2.05, 4.69) is 5.32 Å². The molecule has 1 aromatic heterocycles. The minimum Gasteiger partial charge on any atom is -0.456 e. The number of nitrogens with one attached hydrogen (secondary N) is 1. The monoisotopic (exact) mass is 518 g/mol. The van der Waals surface area contributed by atoms with Gasteiger partial charge < -0.3 is 9.73 Å². The number of furan rings is 1. The Morgan fingerprint density at radius 3 is 2.39 bits per heavy atom. The maximum absolute atomic E-state index is 12.9. The molecule has 0 fully saturated rings. The molecule has 1 N–H and O–H groups in total. The third-order valence-corrected chi connectivity index (χ3v) is 7.38. The number of carbonyl (C=O) groups is 1. The lowest BCUT2D eigenvalue weighted by atomic mass is 10.1. The molecule has 0 aliphatic carbocycles. The van der Waals surface area contributed by atoms with Gasteiger partial charge in [0.2, 0.25) is 10.0 Å². The van der Waals surface area contributed by atoms with Crippen molar-refractivity contribution in [3.05, 3.63) is 107 Å². The van der Waals surface area contributed by atoms with Crippen LogP contribution < -0.4 is 9.62 Å². The van der Waals surface area contributed by atoms with Crippen molar-refractivity contribution >= 4 is 60.8 Å². The number of anilines is 2. The van der Waals surface area contributed by atoms with E-state index in [-0.39, 0.29) is 12.5 Å². The molecule has 0 atom stereocenters. The third-order valence-electron chi connectivity index (χ3n) is 6.02. The Morgan fingerprint density at radius 1 is 0.917 bits per heavy atom. The molecule has 0 saturated heterocycles. The molecule has 0 spiro atoms. The van der Waals surface area contributed by atoms with Gasteiger partial charge in [-0.2, -0.15) is 0 Å². The largest absolute Gasteiger partial charge is 0.456 e. The average Bonchev–Trinajstić information content (AvgIpc) is 3.21. The van der Waals surface area contributed by atoms with Crippen LogP contribution >= 0.6 is 11.6 Å². The first kappa shape index (κ1) is 23.9. The van der Waals surface area contributed by atoms with E-state index in [9.17, 15) is 13.2 Å². The van der Waals surface area contributed by atoms with Crippen LogP contribution in [-0.4, -0.2) is 20.6 Å². The lowest BCUT2D eigenvalue weighted by molar-refractivity contribution is 0.102. The molecule has 1 amide bonds. The number of amides is 1. The van der Waals surface area contributed by atoms with Gasteiger partial charge in [-0.15, -0.1) is 0 Å². The van der Waals surface area contributed by atoms with Crippen LogP contribution in [0.15, 0.2) is 89.3 Å².